The maximum Gasteiger partial charge on any atom is 0.322 e. The van der Waals surface area contributed by atoms with E-state index in [0.717, 1.165) is 16.9 Å². The number of amides is 2. The first kappa shape index (κ1) is 15.9. The molecular weight excluding hydrogens is 302 g/mol. The second-order valence-electron chi connectivity index (χ2n) is 5.94. The number of carbonyl (C=O) groups is 1. The van der Waals surface area contributed by atoms with Crippen molar-refractivity contribution < 1.29 is 9.53 Å². The molecule has 0 saturated carbocycles. The molecule has 2 amide bonds. The van der Waals surface area contributed by atoms with E-state index in [2.05, 4.69) is 11.4 Å². The normalized spacial score (nSPS) is 16.4. The van der Waals surface area contributed by atoms with Crippen LogP contribution in [0.3, 0.4) is 0 Å². The van der Waals surface area contributed by atoms with Gasteiger partial charge in [0.1, 0.15) is 11.9 Å². The first-order chi connectivity index (χ1) is 11.6. The number of carbonyl (C=O) groups excluding carboxylic acids is 1. The molecule has 0 radical (unpaired) electrons. The Morgan fingerprint density at radius 2 is 2.08 bits per heavy atom. The summed E-state index contributed by atoms with van der Waals surface area (Å²) in [6.45, 7) is 4.77. The summed E-state index contributed by atoms with van der Waals surface area (Å²) in [5.41, 5.74) is 2.98. The van der Waals surface area contributed by atoms with Crippen LogP contribution in [0.1, 0.15) is 23.6 Å². The SMILES string of the molecule is Cc1c(C#N)cccc1NC(=O)N1Cc2ccccc2O[C@@H](C)C1. The average Bonchev–Trinajstić information content (AvgIpc) is 2.74. The van der Waals surface area contributed by atoms with Gasteiger partial charge in [-0.15, -0.1) is 0 Å². The summed E-state index contributed by atoms with van der Waals surface area (Å²) >= 11 is 0. The van der Waals surface area contributed by atoms with Crippen LogP contribution in [-0.2, 0) is 6.54 Å². The van der Waals surface area contributed by atoms with Crippen LogP contribution >= 0.6 is 0 Å². The van der Waals surface area contributed by atoms with Crippen molar-refractivity contribution in [3.8, 4) is 11.8 Å². The van der Waals surface area contributed by atoms with Gasteiger partial charge < -0.3 is 15.0 Å². The minimum atomic E-state index is -0.194. The number of ether oxygens (including phenoxy) is 1. The minimum Gasteiger partial charge on any atom is -0.489 e. The highest BCUT2D eigenvalue weighted by Gasteiger charge is 2.24. The van der Waals surface area contributed by atoms with Gasteiger partial charge >= 0.3 is 6.03 Å². The summed E-state index contributed by atoms with van der Waals surface area (Å²) in [6.07, 6.45) is -0.0917. The predicted octanol–water partition coefficient (Wildman–Crippen LogP) is 3.68. The maximum absolute atomic E-state index is 12.7. The lowest BCUT2D eigenvalue weighted by molar-refractivity contribution is 0.167. The zero-order valence-electron chi connectivity index (χ0n) is 13.7. The van der Waals surface area contributed by atoms with Gasteiger partial charge in [0.15, 0.2) is 0 Å². The van der Waals surface area contributed by atoms with E-state index < -0.39 is 0 Å². The number of nitriles is 1. The van der Waals surface area contributed by atoms with Crippen molar-refractivity contribution >= 4 is 11.7 Å². The highest BCUT2D eigenvalue weighted by atomic mass is 16.5. The van der Waals surface area contributed by atoms with Crippen molar-refractivity contribution in [1.29, 1.82) is 5.26 Å². The van der Waals surface area contributed by atoms with Crippen LogP contribution in [0.5, 0.6) is 5.75 Å². The van der Waals surface area contributed by atoms with E-state index >= 15 is 0 Å². The molecule has 0 spiro atoms. The Bertz CT molecular complexity index is 810. The fourth-order valence-electron chi connectivity index (χ4n) is 2.83. The van der Waals surface area contributed by atoms with E-state index in [1.165, 1.54) is 0 Å². The van der Waals surface area contributed by atoms with Gasteiger partial charge in [0.2, 0.25) is 0 Å². The molecule has 0 fully saturated rings. The Labute approximate surface area is 141 Å². The molecule has 5 heteroatoms. The number of benzene rings is 2. The van der Waals surface area contributed by atoms with Gasteiger partial charge in [-0.05, 0) is 37.6 Å². The molecule has 1 atom stereocenters. The molecule has 0 saturated heterocycles. The molecule has 1 N–H and O–H groups in total. The molecule has 24 heavy (non-hydrogen) atoms. The van der Waals surface area contributed by atoms with Crippen LogP contribution in [0.15, 0.2) is 42.5 Å². The van der Waals surface area contributed by atoms with Crippen LogP contribution in [-0.4, -0.2) is 23.6 Å². The number of nitrogens with one attached hydrogen (secondary N) is 1. The van der Waals surface area contributed by atoms with Crippen LogP contribution < -0.4 is 10.1 Å². The van der Waals surface area contributed by atoms with Crippen molar-refractivity contribution in [2.45, 2.75) is 26.5 Å². The van der Waals surface area contributed by atoms with Gasteiger partial charge in [0, 0.05) is 11.3 Å². The number of anilines is 1. The van der Waals surface area contributed by atoms with Crippen LogP contribution in [0.2, 0.25) is 0 Å². The first-order valence-electron chi connectivity index (χ1n) is 7.88. The molecule has 1 aliphatic rings. The first-order valence-corrected chi connectivity index (χ1v) is 7.88. The van der Waals surface area contributed by atoms with E-state index in [1.807, 2.05) is 38.1 Å². The molecule has 2 aromatic rings. The van der Waals surface area contributed by atoms with E-state index in [4.69, 9.17) is 10.00 Å². The number of hydrogen-bond acceptors (Lipinski definition) is 3. The van der Waals surface area contributed by atoms with Crippen LogP contribution in [0.4, 0.5) is 10.5 Å². The number of fused-ring (bicyclic) bond motifs is 1. The molecule has 0 aromatic heterocycles. The lowest BCUT2D eigenvalue weighted by Gasteiger charge is -2.23. The Morgan fingerprint density at radius 3 is 2.88 bits per heavy atom. The molecule has 0 aliphatic carbocycles. The second-order valence-corrected chi connectivity index (χ2v) is 5.94. The molecule has 2 aromatic carbocycles. The summed E-state index contributed by atoms with van der Waals surface area (Å²) < 4.78 is 5.88. The smallest absolute Gasteiger partial charge is 0.322 e. The van der Waals surface area contributed by atoms with Gasteiger partial charge in [0.25, 0.3) is 0 Å². The largest absolute Gasteiger partial charge is 0.489 e. The van der Waals surface area contributed by atoms with E-state index in [9.17, 15) is 4.79 Å². The third kappa shape index (κ3) is 3.18. The van der Waals surface area contributed by atoms with Gasteiger partial charge in [-0.25, -0.2) is 4.79 Å². The standard InChI is InChI=1S/C19H19N3O2/c1-13-11-22(12-16-6-3-4-9-18(16)24-13)19(23)21-17-8-5-7-15(10-20)14(17)2/h3-9,13H,11-12H2,1-2H3,(H,21,23)/t13-/m0/s1. The Hall–Kier alpha value is -3.00. The fourth-order valence-corrected chi connectivity index (χ4v) is 2.83. The second kappa shape index (κ2) is 6.63. The summed E-state index contributed by atoms with van der Waals surface area (Å²) in [6, 6.07) is 15.0. The average molecular weight is 321 g/mol. The van der Waals surface area contributed by atoms with Gasteiger partial charge in [0.05, 0.1) is 24.7 Å². The third-order valence-corrected chi connectivity index (χ3v) is 4.12. The number of para-hydroxylation sites is 1. The molecule has 122 valence electrons. The van der Waals surface area contributed by atoms with Crippen molar-refractivity contribution in [1.82, 2.24) is 4.90 Å². The van der Waals surface area contributed by atoms with Crippen molar-refractivity contribution in [3.05, 3.63) is 59.2 Å². The van der Waals surface area contributed by atoms with Crippen molar-refractivity contribution in [2.75, 3.05) is 11.9 Å². The Morgan fingerprint density at radius 1 is 1.29 bits per heavy atom. The molecular formula is C19H19N3O2. The third-order valence-electron chi connectivity index (χ3n) is 4.12. The fraction of sp³-hybridized carbons (Fsp3) is 0.263. The molecule has 3 rings (SSSR count). The molecule has 0 bridgehead atoms. The number of rotatable bonds is 1. The summed E-state index contributed by atoms with van der Waals surface area (Å²) in [7, 11) is 0. The number of hydrogen-bond donors (Lipinski definition) is 1. The lowest BCUT2D eigenvalue weighted by Crippen LogP contribution is -2.39. The molecule has 5 nitrogen and oxygen atoms in total. The Kier molecular flexibility index (Phi) is 4.39. The molecule has 1 heterocycles. The summed E-state index contributed by atoms with van der Waals surface area (Å²) in [5.74, 6) is 0.822. The van der Waals surface area contributed by atoms with Crippen LogP contribution in [0.25, 0.3) is 0 Å². The number of urea groups is 1. The highest BCUT2D eigenvalue weighted by molar-refractivity contribution is 5.90. The van der Waals surface area contributed by atoms with Crippen molar-refractivity contribution in [2.24, 2.45) is 0 Å². The predicted molar refractivity (Wildman–Crippen MR) is 91.9 cm³/mol. The minimum absolute atomic E-state index is 0.0917. The van der Waals surface area contributed by atoms with Gasteiger partial charge in [-0.2, -0.15) is 5.26 Å². The van der Waals surface area contributed by atoms with E-state index in [0.29, 0.717) is 24.3 Å². The van der Waals surface area contributed by atoms with E-state index in [1.54, 1.807) is 23.1 Å². The highest BCUT2D eigenvalue weighted by Crippen LogP contribution is 2.25. The zero-order chi connectivity index (χ0) is 17.1. The topological polar surface area (TPSA) is 65.4 Å². The van der Waals surface area contributed by atoms with Gasteiger partial charge in [-0.3, -0.25) is 0 Å². The molecule has 1 aliphatic heterocycles. The maximum atomic E-state index is 12.7. The molecule has 0 unspecified atom stereocenters. The lowest BCUT2D eigenvalue weighted by atomic mass is 10.1. The van der Waals surface area contributed by atoms with E-state index in [-0.39, 0.29) is 12.1 Å². The summed E-state index contributed by atoms with van der Waals surface area (Å²) in [5, 5.41) is 12.0. The van der Waals surface area contributed by atoms with Crippen LogP contribution in [0, 0.1) is 18.3 Å². The Balaban J connectivity index is 1.82. The monoisotopic (exact) mass is 321 g/mol. The zero-order valence-corrected chi connectivity index (χ0v) is 13.7. The van der Waals surface area contributed by atoms with Gasteiger partial charge in [-0.1, -0.05) is 24.3 Å². The summed E-state index contributed by atoms with van der Waals surface area (Å²) in [4.78, 5) is 14.4. The number of nitrogens with zero attached hydrogens (tertiary/aromatic N) is 2. The quantitative estimate of drug-likeness (QED) is 0.871. The van der Waals surface area contributed by atoms with Crippen molar-refractivity contribution in [3.63, 3.8) is 0 Å².